The molecule has 164 valence electrons. The fourth-order valence-corrected chi connectivity index (χ4v) is 5.08. The molecule has 2 aliphatic rings. The maximum Gasteiger partial charge on any atom is 0.256 e. The number of rotatable bonds is 5. The van der Waals surface area contributed by atoms with Crippen LogP contribution >= 0.6 is 11.3 Å². The van der Waals surface area contributed by atoms with E-state index in [-0.39, 0.29) is 29.7 Å². The van der Waals surface area contributed by atoms with E-state index in [1.165, 1.54) is 4.90 Å². The van der Waals surface area contributed by atoms with Gasteiger partial charge in [-0.3, -0.25) is 14.4 Å². The molecule has 1 saturated heterocycles. The zero-order valence-electron chi connectivity index (χ0n) is 18.2. The molecule has 0 spiro atoms. The van der Waals surface area contributed by atoms with Crippen LogP contribution in [0.5, 0.6) is 0 Å². The first-order valence-corrected chi connectivity index (χ1v) is 11.6. The summed E-state index contributed by atoms with van der Waals surface area (Å²) >= 11 is 1.60. The number of aromatic nitrogens is 1. The summed E-state index contributed by atoms with van der Waals surface area (Å²) in [6.45, 7) is 7.31. The highest BCUT2D eigenvalue weighted by molar-refractivity contribution is 7.09. The number of amides is 3. The Morgan fingerprint density at radius 2 is 2.03 bits per heavy atom. The molecule has 7 nitrogen and oxygen atoms in total. The average molecular weight is 441 g/mol. The molecular formula is C23H28N4O3S. The minimum absolute atomic E-state index is 0.00405. The summed E-state index contributed by atoms with van der Waals surface area (Å²) in [5, 5.41) is 5.95. The Kier molecular flexibility index (Phi) is 5.83. The van der Waals surface area contributed by atoms with Gasteiger partial charge >= 0.3 is 0 Å². The number of para-hydroxylation sites is 1. The molecule has 2 aliphatic heterocycles. The smallest absolute Gasteiger partial charge is 0.256 e. The van der Waals surface area contributed by atoms with Crippen molar-refractivity contribution in [3.63, 3.8) is 0 Å². The van der Waals surface area contributed by atoms with Crippen LogP contribution in [0.4, 0.5) is 5.69 Å². The number of benzene rings is 1. The van der Waals surface area contributed by atoms with Gasteiger partial charge in [0, 0.05) is 30.3 Å². The molecule has 2 aromatic rings. The molecule has 1 aromatic carbocycles. The highest BCUT2D eigenvalue weighted by Crippen LogP contribution is 2.32. The first-order chi connectivity index (χ1) is 14.8. The maximum absolute atomic E-state index is 13.2. The summed E-state index contributed by atoms with van der Waals surface area (Å²) in [5.74, 6) is -0.553. The number of thiazole rings is 1. The summed E-state index contributed by atoms with van der Waals surface area (Å²) in [4.78, 5) is 46.6. The minimum atomic E-state index is -0.487. The lowest BCUT2D eigenvalue weighted by atomic mass is 9.93. The Hall–Kier alpha value is -2.74. The summed E-state index contributed by atoms with van der Waals surface area (Å²) < 4.78 is 0. The van der Waals surface area contributed by atoms with Crippen molar-refractivity contribution in [2.75, 3.05) is 24.5 Å². The summed E-state index contributed by atoms with van der Waals surface area (Å²) in [6.07, 6.45) is 2.08. The standard InChI is InChI=1S/C23H28N4O3S/c1-23(2,3)18-14-31-20(25-18)10-11-24-19(28)13-27-16-8-5-4-7-15(16)21(29)26-12-6-9-17(26)22(27)30/h4-5,7-8,14,17H,6,9-13H2,1-3H3,(H,24,28)/t17-/m0/s1. The Morgan fingerprint density at radius 3 is 2.77 bits per heavy atom. The Bertz CT molecular complexity index is 1010. The van der Waals surface area contributed by atoms with Gasteiger partial charge in [-0.05, 0) is 25.0 Å². The largest absolute Gasteiger partial charge is 0.354 e. The molecule has 1 aromatic heterocycles. The predicted octanol–water partition coefficient (Wildman–Crippen LogP) is 2.75. The second-order valence-corrected chi connectivity index (χ2v) is 10.0. The zero-order chi connectivity index (χ0) is 22.2. The molecule has 1 atom stereocenters. The summed E-state index contributed by atoms with van der Waals surface area (Å²) in [7, 11) is 0. The number of carbonyl (C=O) groups is 3. The molecule has 0 radical (unpaired) electrons. The highest BCUT2D eigenvalue weighted by atomic mass is 32.1. The van der Waals surface area contributed by atoms with Crippen molar-refractivity contribution in [2.45, 2.75) is 51.5 Å². The first kappa shape index (κ1) is 21.5. The Labute approximate surface area is 186 Å². The quantitative estimate of drug-likeness (QED) is 0.775. The van der Waals surface area contributed by atoms with Crippen LogP contribution in [0, 0.1) is 0 Å². The predicted molar refractivity (Wildman–Crippen MR) is 120 cm³/mol. The van der Waals surface area contributed by atoms with Gasteiger partial charge < -0.3 is 15.1 Å². The van der Waals surface area contributed by atoms with E-state index in [0.29, 0.717) is 37.2 Å². The third-order valence-corrected chi connectivity index (χ3v) is 6.68. The fraction of sp³-hybridized carbons (Fsp3) is 0.478. The third-order valence-electron chi connectivity index (χ3n) is 5.77. The molecule has 31 heavy (non-hydrogen) atoms. The highest BCUT2D eigenvalue weighted by Gasteiger charge is 2.42. The maximum atomic E-state index is 13.2. The molecule has 8 heteroatoms. The van der Waals surface area contributed by atoms with E-state index in [2.05, 4.69) is 36.5 Å². The van der Waals surface area contributed by atoms with Crippen molar-refractivity contribution in [2.24, 2.45) is 0 Å². The van der Waals surface area contributed by atoms with Crippen molar-refractivity contribution < 1.29 is 14.4 Å². The van der Waals surface area contributed by atoms with Gasteiger partial charge in [0.25, 0.3) is 5.91 Å². The SMILES string of the molecule is CC(C)(C)c1csc(CCNC(=O)CN2C(=O)[C@@H]3CCCN3C(=O)c3ccccc32)n1. The van der Waals surface area contributed by atoms with E-state index >= 15 is 0 Å². The lowest BCUT2D eigenvalue weighted by Crippen LogP contribution is -2.48. The van der Waals surface area contributed by atoms with E-state index in [1.807, 2.05) is 0 Å². The van der Waals surface area contributed by atoms with Crippen LogP contribution in [0.25, 0.3) is 0 Å². The van der Waals surface area contributed by atoms with Gasteiger partial charge in [0.2, 0.25) is 11.8 Å². The van der Waals surface area contributed by atoms with Gasteiger partial charge in [-0.15, -0.1) is 11.3 Å². The number of fused-ring (bicyclic) bond motifs is 2. The number of hydrogen-bond acceptors (Lipinski definition) is 5. The molecule has 3 amide bonds. The van der Waals surface area contributed by atoms with Gasteiger partial charge in [0.15, 0.2) is 0 Å². The second kappa shape index (κ2) is 8.42. The zero-order valence-corrected chi connectivity index (χ0v) is 19.0. The second-order valence-electron chi connectivity index (χ2n) is 9.07. The van der Waals surface area contributed by atoms with E-state index < -0.39 is 6.04 Å². The third kappa shape index (κ3) is 4.35. The lowest BCUT2D eigenvalue weighted by molar-refractivity contribution is -0.125. The molecule has 1 N–H and O–H groups in total. The lowest BCUT2D eigenvalue weighted by Gasteiger charge is -2.25. The molecule has 1 fully saturated rings. The van der Waals surface area contributed by atoms with E-state index in [0.717, 1.165) is 17.1 Å². The van der Waals surface area contributed by atoms with Crippen molar-refractivity contribution in [1.82, 2.24) is 15.2 Å². The number of hydrogen-bond donors (Lipinski definition) is 1. The van der Waals surface area contributed by atoms with E-state index in [1.54, 1.807) is 40.5 Å². The monoisotopic (exact) mass is 440 g/mol. The van der Waals surface area contributed by atoms with Gasteiger partial charge in [-0.1, -0.05) is 32.9 Å². The van der Waals surface area contributed by atoms with Crippen LogP contribution in [0.2, 0.25) is 0 Å². The number of nitrogens with one attached hydrogen (secondary N) is 1. The van der Waals surface area contributed by atoms with Gasteiger partial charge in [-0.2, -0.15) is 0 Å². The summed E-state index contributed by atoms with van der Waals surface area (Å²) in [6, 6.07) is 6.56. The van der Waals surface area contributed by atoms with E-state index in [4.69, 9.17) is 0 Å². The number of nitrogens with zero attached hydrogens (tertiary/aromatic N) is 3. The van der Waals surface area contributed by atoms with Gasteiger partial charge in [0.1, 0.15) is 12.6 Å². The Morgan fingerprint density at radius 1 is 1.26 bits per heavy atom. The molecule has 3 heterocycles. The molecular weight excluding hydrogens is 412 g/mol. The molecule has 0 bridgehead atoms. The normalized spacial score (nSPS) is 18.6. The Balaban J connectivity index is 1.43. The molecule has 4 rings (SSSR count). The van der Waals surface area contributed by atoms with Gasteiger partial charge in [-0.25, -0.2) is 4.98 Å². The van der Waals surface area contributed by atoms with Gasteiger partial charge in [0.05, 0.1) is 22.0 Å². The van der Waals surface area contributed by atoms with Crippen molar-refractivity contribution in [1.29, 1.82) is 0 Å². The fourth-order valence-electron chi connectivity index (χ4n) is 4.05. The van der Waals surface area contributed by atoms with E-state index in [9.17, 15) is 14.4 Å². The van der Waals surface area contributed by atoms with Crippen LogP contribution in [0.1, 0.15) is 54.7 Å². The van der Waals surface area contributed by atoms with Crippen molar-refractivity contribution >= 4 is 34.7 Å². The van der Waals surface area contributed by atoms with Crippen molar-refractivity contribution in [3.8, 4) is 0 Å². The van der Waals surface area contributed by atoms with Crippen LogP contribution in [-0.4, -0.2) is 53.3 Å². The van der Waals surface area contributed by atoms with Crippen molar-refractivity contribution in [3.05, 3.63) is 45.9 Å². The number of carbonyl (C=O) groups excluding carboxylic acids is 3. The molecule has 0 saturated carbocycles. The topological polar surface area (TPSA) is 82.6 Å². The number of anilines is 1. The molecule has 0 aliphatic carbocycles. The van der Waals surface area contributed by atoms with Crippen LogP contribution in [0.15, 0.2) is 29.6 Å². The minimum Gasteiger partial charge on any atom is -0.354 e. The van der Waals surface area contributed by atoms with Crippen LogP contribution in [0.3, 0.4) is 0 Å². The van der Waals surface area contributed by atoms with Crippen LogP contribution in [-0.2, 0) is 21.4 Å². The first-order valence-electron chi connectivity index (χ1n) is 10.7. The van der Waals surface area contributed by atoms with Crippen LogP contribution < -0.4 is 10.2 Å². The molecule has 0 unspecified atom stereocenters. The summed E-state index contributed by atoms with van der Waals surface area (Å²) in [5.41, 5.74) is 2.04. The average Bonchev–Trinajstić information content (AvgIpc) is 3.39.